The quantitative estimate of drug-likeness (QED) is 0.274. The highest BCUT2D eigenvalue weighted by Gasteiger charge is 2.23. The molecule has 176 valence electrons. The molecular weight excluding hydrogens is 539 g/mol. The van der Waals surface area contributed by atoms with Gasteiger partial charge in [0, 0.05) is 39.0 Å². The number of sulfonamides is 1. The lowest BCUT2D eigenvalue weighted by Crippen LogP contribution is -2.47. The van der Waals surface area contributed by atoms with Crippen molar-refractivity contribution in [1.82, 2.24) is 14.9 Å². The molecule has 0 aliphatic carbocycles. The van der Waals surface area contributed by atoms with Gasteiger partial charge in [-0.3, -0.25) is 4.99 Å². The lowest BCUT2D eigenvalue weighted by atomic mass is 10.1. The fraction of sp³-hybridized carbons (Fsp3) is 0.435. The first kappa shape index (κ1) is 26.4. The molecule has 2 aromatic rings. The number of rotatable bonds is 9. The average molecular weight is 573 g/mol. The summed E-state index contributed by atoms with van der Waals surface area (Å²) in [6.07, 6.45) is 1.98. The number of nitrogens with one attached hydrogen (secondary N) is 2. The topological polar surface area (TPSA) is 83.0 Å². The van der Waals surface area contributed by atoms with Crippen LogP contribution in [-0.2, 0) is 16.6 Å². The van der Waals surface area contributed by atoms with Gasteiger partial charge in [-0.25, -0.2) is 13.1 Å². The van der Waals surface area contributed by atoms with E-state index in [9.17, 15) is 8.42 Å². The second kappa shape index (κ2) is 13.6. The van der Waals surface area contributed by atoms with Crippen LogP contribution in [0.3, 0.4) is 0 Å². The summed E-state index contributed by atoms with van der Waals surface area (Å²) in [6, 6.07) is 19.4. The number of halogens is 1. The lowest BCUT2D eigenvalue weighted by molar-refractivity contribution is 0.129. The van der Waals surface area contributed by atoms with Crippen LogP contribution in [0.25, 0.3) is 0 Å². The third-order valence-electron chi connectivity index (χ3n) is 5.08. The molecule has 3 rings (SSSR count). The molecule has 7 nitrogen and oxygen atoms in total. The Morgan fingerprint density at radius 2 is 1.69 bits per heavy atom. The van der Waals surface area contributed by atoms with E-state index in [4.69, 9.17) is 4.74 Å². The minimum Gasteiger partial charge on any atom is -0.490 e. The molecule has 0 atom stereocenters. The van der Waals surface area contributed by atoms with Gasteiger partial charge >= 0.3 is 0 Å². The summed E-state index contributed by atoms with van der Waals surface area (Å²) in [4.78, 5) is 6.74. The van der Waals surface area contributed by atoms with Crippen molar-refractivity contribution in [3.8, 4) is 5.75 Å². The zero-order chi connectivity index (χ0) is 21.9. The molecule has 0 radical (unpaired) electrons. The van der Waals surface area contributed by atoms with Gasteiger partial charge < -0.3 is 15.0 Å². The number of likely N-dealkylation sites (tertiary alicyclic amines) is 1. The van der Waals surface area contributed by atoms with Crippen molar-refractivity contribution in [2.45, 2.75) is 32.4 Å². The SMILES string of the molecule is CCNC(=NCCS(=O)(=O)NCc1ccccc1)N1CCC(Oc2ccccc2)CC1.I. The van der Waals surface area contributed by atoms with Crippen molar-refractivity contribution in [1.29, 1.82) is 0 Å². The van der Waals surface area contributed by atoms with Crippen LogP contribution in [-0.4, -0.2) is 57.3 Å². The van der Waals surface area contributed by atoms with E-state index in [0.717, 1.165) is 49.7 Å². The van der Waals surface area contributed by atoms with Gasteiger partial charge in [-0.05, 0) is 24.6 Å². The van der Waals surface area contributed by atoms with Crippen LogP contribution in [0.1, 0.15) is 25.3 Å². The van der Waals surface area contributed by atoms with E-state index in [1.807, 2.05) is 67.6 Å². The number of ether oxygens (including phenoxy) is 1. The van der Waals surface area contributed by atoms with E-state index in [2.05, 4.69) is 19.9 Å². The molecule has 2 aromatic carbocycles. The second-order valence-corrected chi connectivity index (χ2v) is 9.40. The molecule has 0 saturated carbocycles. The van der Waals surface area contributed by atoms with E-state index in [0.29, 0.717) is 6.54 Å². The van der Waals surface area contributed by atoms with Crippen molar-refractivity contribution in [2.75, 3.05) is 31.9 Å². The molecule has 0 unspecified atom stereocenters. The number of benzene rings is 2. The highest BCUT2D eigenvalue weighted by molar-refractivity contribution is 14.0. The number of guanidine groups is 1. The Morgan fingerprint density at radius 3 is 2.31 bits per heavy atom. The summed E-state index contributed by atoms with van der Waals surface area (Å²) in [5.41, 5.74) is 0.934. The predicted molar refractivity (Wildman–Crippen MR) is 140 cm³/mol. The first-order chi connectivity index (χ1) is 15.1. The van der Waals surface area contributed by atoms with Gasteiger partial charge in [-0.2, -0.15) is 0 Å². The van der Waals surface area contributed by atoms with Crippen LogP contribution in [0.15, 0.2) is 65.7 Å². The zero-order valence-corrected chi connectivity index (χ0v) is 21.6. The van der Waals surface area contributed by atoms with E-state index in [-0.39, 0.29) is 42.4 Å². The summed E-state index contributed by atoms with van der Waals surface area (Å²) in [6.45, 7) is 4.90. The van der Waals surface area contributed by atoms with E-state index in [1.54, 1.807) is 0 Å². The van der Waals surface area contributed by atoms with Crippen LogP contribution in [0.2, 0.25) is 0 Å². The van der Waals surface area contributed by atoms with Crippen LogP contribution in [0.4, 0.5) is 0 Å². The molecule has 1 fully saturated rings. The van der Waals surface area contributed by atoms with Gasteiger partial charge in [0.1, 0.15) is 11.9 Å². The van der Waals surface area contributed by atoms with Crippen LogP contribution in [0.5, 0.6) is 5.75 Å². The van der Waals surface area contributed by atoms with E-state index in [1.165, 1.54) is 0 Å². The Balaban J connectivity index is 0.00000363. The number of para-hydroxylation sites is 1. The molecule has 0 spiro atoms. The fourth-order valence-corrected chi connectivity index (χ4v) is 4.30. The minimum atomic E-state index is -3.39. The highest BCUT2D eigenvalue weighted by Crippen LogP contribution is 2.18. The summed E-state index contributed by atoms with van der Waals surface area (Å²) in [7, 11) is -3.39. The second-order valence-electron chi connectivity index (χ2n) is 7.48. The van der Waals surface area contributed by atoms with Crippen molar-refractivity contribution in [2.24, 2.45) is 4.99 Å². The number of piperidine rings is 1. The Hall–Kier alpha value is -1.85. The molecule has 1 heterocycles. The molecule has 0 aromatic heterocycles. The summed E-state index contributed by atoms with van der Waals surface area (Å²) in [5, 5.41) is 3.28. The van der Waals surface area contributed by atoms with Crippen LogP contribution < -0.4 is 14.8 Å². The molecule has 1 aliphatic rings. The minimum absolute atomic E-state index is 0. The number of aliphatic imine (C=N–C) groups is 1. The lowest BCUT2D eigenvalue weighted by Gasteiger charge is -2.34. The van der Waals surface area contributed by atoms with Crippen LogP contribution in [0, 0.1) is 0 Å². The normalized spacial score (nSPS) is 15.2. The van der Waals surface area contributed by atoms with Gasteiger partial charge in [0.25, 0.3) is 0 Å². The van der Waals surface area contributed by atoms with Crippen LogP contribution >= 0.6 is 24.0 Å². The van der Waals surface area contributed by atoms with Gasteiger partial charge in [0.15, 0.2) is 5.96 Å². The third-order valence-corrected chi connectivity index (χ3v) is 6.39. The third kappa shape index (κ3) is 8.95. The largest absolute Gasteiger partial charge is 0.490 e. The van der Waals surface area contributed by atoms with E-state index >= 15 is 0 Å². The Kier molecular flexibility index (Phi) is 11.3. The molecule has 0 amide bonds. The average Bonchev–Trinajstić information content (AvgIpc) is 2.79. The van der Waals surface area contributed by atoms with E-state index < -0.39 is 10.0 Å². The fourth-order valence-electron chi connectivity index (χ4n) is 3.44. The molecule has 1 saturated heterocycles. The molecular formula is C23H33IN4O3S. The number of hydrogen-bond donors (Lipinski definition) is 2. The molecule has 2 N–H and O–H groups in total. The summed E-state index contributed by atoms with van der Waals surface area (Å²) >= 11 is 0. The first-order valence-corrected chi connectivity index (χ1v) is 12.5. The molecule has 1 aliphatic heterocycles. The molecule has 32 heavy (non-hydrogen) atoms. The first-order valence-electron chi connectivity index (χ1n) is 10.8. The summed E-state index contributed by atoms with van der Waals surface area (Å²) in [5.74, 6) is 1.62. The number of nitrogens with zero attached hydrogens (tertiary/aromatic N) is 2. The van der Waals surface area contributed by atoms with Gasteiger partial charge in [-0.1, -0.05) is 48.5 Å². The highest BCUT2D eigenvalue weighted by atomic mass is 127. The van der Waals surface area contributed by atoms with Gasteiger partial charge in [0.2, 0.25) is 10.0 Å². The molecule has 9 heteroatoms. The monoisotopic (exact) mass is 572 g/mol. The van der Waals surface area contributed by atoms with Crippen molar-refractivity contribution in [3.63, 3.8) is 0 Å². The van der Waals surface area contributed by atoms with Crippen molar-refractivity contribution >= 4 is 40.0 Å². The standard InChI is InChI=1S/C23H32N4O3S.HI/c1-2-24-23(25-15-18-31(28,29)26-19-20-9-5-3-6-10-20)27-16-13-22(14-17-27)30-21-11-7-4-8-12-21;/h3-12,22,26H,2,13-19H2,1H3,(H,24,25);1H. The smallest absolute Gasteiger partial charge is 0.213 e. The van der Waals surface area contributed by atoms with Gasteiger partial charge in [-0.15, -0.1) is 24.0 Å². The maximum absolute atomic E-state index is 12.3. The Morgan fingerprint density at radius 1 is 1.06 bits per heavy atom. The maximum Gasteiger partial charge on any atom is 0.213 e. The Labute approximate surface area is 208 Å². The summed E-state index contributed by atoms with van der Waals surface area (Å²) < 4.78 is 33.3. The van der Waals surface area contributed by atoms with Crippen molar-refractivity contribution < 1.29 is 13.2 Å². The maximum atomic E-state index is 12.3. The molecule has 0 bridgehead atoms. The van der Waals surface area contributed by atoms with Crippen molar-refractivity contribution in [3.05, 3.63) is 66.2 Å². The van der Waals surface area contributed by atoms with Gasteiger partial charge in [0.05, 0.1) is 12.3 Å². The Bertz CT molecular complexity index is 919. The number of hydrogen-bond acceptors (Lipinski definition) is 4. The zero-order valence-electron chi connectivity index (χ0n) is 18.4. The predicted octanol–water partition coefficient (Wildman–Crippen LogP) is 3.23.